The molecule has 0 saturated carbocycles. The Morgan fingerprint density at radius 1 is 1.35 bits per heavy atom. The second kappa shape index (κ2) is 4.22. The van der Waals surface area contributed by atoms with Gasteiger partial charge in [0, 0.05) is 29.7 Å². The van der Waals surface area contributed by atoms with E-state index in [1.54, 1.807) is 19.0 Å². The Morgan fingerprint density at radius 3 is 2.59 bits per heavy atom. The average Bonchev–Trinajstić information content (AvgIpc) is 2.56. The van der Waals surface area contributed by atoms with Crippen LogP contribution in [0.2, 0.25) is 0 Å². The van der Waals surface area contributed by atoms with Crippen LogP contribution in [0.4, 0.5) is 0 Å². The minimum Gasteiger partial charge on any atom is -0.480 e. The van der Waals surface area contributed by atoms with Crippen LogP contribution in [0.5, 0.6) is 0 Å². The third kappa shape index (κ3) is 1.91. The number of rotatable bonds is 3. The molecule has 0 spiro atoms. The molecule has 0 bridgehead atoms. The molecule has 17 heavy (non-hydrogen) atoms. The van der Waals surface area contributed by atoms with Gasteiger partial charge >= 0.3 is 5.97 Å². The second-order valence-electron chi connectivity index (χ2n) is 4.42. The number of fused-ring (bicyclic) bond motifs is 1. The van der Waals surface area contributed by atoms with Crippen molar-refractivity contribution in [1.29, 1.82) is 0 Å². The highest BCUT2D eigenvalue weighted by atomic mass is 16.4. The summed E-state index contributed by atoms with van der Waals surface area (Å²) in [5, 5.41) is 10.3. The highest BCUT2D eigenvalue weighted by Gasteiger charge is 2.25. The van der Waals surface area contributed by atoms with Crippen LogP contribution in [0.3, 0.4) is 0 Å². The molecule has 1 heterocycles. The van der Waals surface area contributed by atoms with Crippen LogP contribution in [0, 0.1) is 0 Å². The fourth-order valence-corrected chi connectivity index (χ4v) is 2.22. The van der Waals surface area contributed by atoms with Crippen molar-refractivity contribution in [1.82, 2.24) is 9.47 Å². The maximum absolute atomic E-state index is 11.3. The molecule has 0 aliphatic carbocycles. The van der Waals surface area contributed by atoms with Crippen molar-refractivity contribution >= 4 is 16.9 Å². The molecule has 0 fully saturated rings. The molecule has 0 aliphatic heterocycles. The van der Waals surface area contributed by atoms with Gasteiger partial charge in [-0.15, -0.1) is 0 Å². The second-order valence-corrected chi connectivity index (χ2v) is 4.42. The first kappa shape index (κ1) is 11.7. The van der Waals surface area contributed by atoms with Gasteiger partial charge < -0.3 is 9.67 Å². The van der Waals surface area contributed by atoms with Gasteiger partial charge in [-0.25, -0.2) is 0 Å². The molecule has 4 heteroatoms. The maximum Gasteiger partial charge on any atom is 0.325 e. The molecule has 0 aliphatic rings. The Kier molecular flexibility index (Phi) is 2.90. The van der Waals surface area contributed by atoms with E-state index in [1.807, 2.05) is 42.1 Å². The summed E-state index contributed by atoms with van der Waals surface area (Å²) in [7, 11) is 5.49. The summed E-state index contributed by atoms with van der Waals surface area (Å²) in [6.07, 6.45) is 1.89. The van der Waals surface area contributed by atoms with Crippen molar-refractivity contribution in [2.24, 2.45) is 7.05 Å². The number of carboxylic acids is 1. The highest BCUT2D eigenvalue weighted by Crippen LogP contribution is 2.28. The minimum absolute atomic E-state index is 0.610. The molecule has 1 aromatic carbocycles. The predicted molar refractivity (Wildman–Crippen MR) is 67.0 cm³/mol. The largest absolute Gasteiger partial charge is 0.480 e. The number of carbonyl (C=O) groups is 1. The molecule has 4 nitrogen and oxygen atoms in total. The van der Waals surface area contributed by atoms with E-state index in [0.29, 0.717) is 0 Å². The SMILES string of the molecule is CN(C)C(C(=O)O)c1cn(C)c2ccccc12. The monoisotopic (exact) mass is 232 g/mol. The predicted octanol–water partition coefficient (Wildman–Crippen LogP) is 1.87. The van der Waals surface area contributed by atoms with Crippen LogP contribution in [0.25, 0.3) is 10.9 Å². The molecule has 1 N–H and O–H groups in total. The van der Waals surface area contributed by atoms with Crippen molar-refractivity contribution in [2.75, 3.05) is 14.1 Å². The Bertz CT molecular complexity index is 558. The standard InChI is InChI=1S/C13H16N2O2/c1-14(2)12(13(16)17)10-8-15(3)11-7-5-4-6-9(10)11/h4-8,12H,1-3H3,(H,16,17). The zero-order valence-electron chi connectivity index (χ0n) is 10.2. The number of likely N-dealkylation sites (N-methyl/N-ethyl adjacent to an activating group) is 1. The summed E-state index contributed by atoms with van der Waals surface area (Å²) >= 11 is 0. The van der Waals surface area contributed by atoms with Crippen molar-refractivity contribution < 1.29 is 9.90 Å². The first-order chi connectivity index (χ1) is 8.02. The number of benzene rings is 1. The van der Waals surface area contributed by atoms with Gasteiger partial charge in [-0.05, 0) is 20.2 Å². The van der Waals surface area contributed by atoms with Crippen molar-refractivity contribution in [3.05, 3.63) is 36.0 Å². The Labute approximate surface area is 100 Å². The number of carboxylic acid groups (broad SMARTS) is 1. The lowest BCUT2D eigenvalue weighted by molar-refractivity contribution is -0.142. The quantitative estimate of drug-likeness (QED) is 0.878. The average molecular weight is 232 g/mol. The number of hydrogen-bond acceptors (Lipinski definition) is 2. The summed E-state index contributed by atoms with van der Waals surface area (Å²) in [5.41, 5.74) is 1.89. The van der Waals surface area contributed by atoms with Gasteiger partial charge in [0.1, 0.15) is 6.04 Å². The lowest BCUT2D eigenvalue weighted by Crippen LogP contribution is -2.27. The molecule has 0 saturated heterocycles. The van der Waals surface area contributed by atoms with Crippen LogP contribution in [0.15, 0.2) is 30.5 Å². The van der Waals surface area contributed by atoms with Gasteiger partial charge in [-0.2, -0.15) is 0 Å². The van der Waals surface area contributed by atoms with Gasteiger partial charge in [0.05, 0.1) is 0 Å². The van der Waals surface area contributed by atoms with E-state index in [1.165, 1.54) is 0 Å². The van der Waals surface area contributed by atoms with E-state index in [2.05, 4.69) is 0 Å². The molecular weight excluding hydrogens is 216 g/mol. The fraction of sp³-hybridized carbons (Fsp3) is 0.308. The topological polar surface area (TPSA) is 45.5 Å². The van der Waals surface area contributed by atoms with Crippen molar-refractivity contribution in [3.63, 3.8) is 0 Å². The smallest absolute Gasteiger partial charge is 0.325 e. The molecule has 0 radical (unpaired) electrons. The normalized spacial score (nSPS) is 13.2. The van der Waals surface area contributed by atoms with E-state index in [4.69, 9.17) is 0 Å². The first-order valence-corrected chi connectivity index (χ1v) is 5.45. The highest BCUT2D eigenvalue weighted by molar-refractivity contribution is 5.89. The molecule has 1 aromatic heterocycles. The summed E-state index contributed by atoms with van der Waals surface area (Å²) < 4.78 is 1.96. The van der Waals surface area contributed by atoms with E-state index < -0.39 is 12.0 Å². The molecule has 1 atom stereocenters. The number of aryl methyl sites for hydroxylation is 1. The van der Waals surface area contributed by atoms with Gasteiger partial charge in [0.15, 0.2) is 0 Å². The van der Waals surface area contributed by atoms with Crippen LogP contribution in [-0.4, -0.2) is 34.6 Å². The lowest BCUT2D eigenvalue weighted by Gasteiger charge is -2.19. The third-order valence-electron chi connectivity index (χ3n) is 2.97. The molecule has 1 unspecified atom stereocenters. The first-order valence-electron chi connectivity index (χ1n) is 5.45. The van der Waals surface area contributed by atoms with E-state index in [0.717, 1.165) is 16.5 Å². The summed E-state index contributed by atoms with van der Waals surface area (Å²) in [6, 6.07) is 7.23. The van der Waals surface area contributed by atoms with Crippen LogP contribution >= 0.6 is 0 Å². The summed E-state index contributed by atoms with van der Waals surface area (Å²) in [5.74, 6) is -0.827. The molecular formula is C13H16N2O2. The Balaban J connectivity index is 2.65. The summed E-state index contributed by atoms with van der Waals surface area (Å²) in [4.78, 5) is 13.1. The summed E-state index contributed by atoms with van der Waals surface area (Å²) in [6.45, 7) is 0. The zero-order chi connectivity index (χ0) is 12.6. The van der Waals surface area contributed by atoms with Gasteiger partial charge in [0.25, 0.3) is 0 Å². The Morgan fingerprint density at radius 2 is 2.00 bits per heavy atom. The van der Waals surface area contributed by atoms with Crippen molar-refractivity contribution in [2.45, 2.75) is 6.04 Å². The number of nitrogens with zero attached hydrogens (tertiary/aromatic N) is 2. The zero-order valence-corrected chi connectivity index (χ0v) is 10.2. The molecule has 2 rings (SSSR count). The van der Waals surface area contributed by atoms with Crippen molar-refractivity contribution in [3.8, 4) is 0 Å². The maximum atomic E-state index is 11.3. The number of aliphatic carboxylic acids is 1. The van der Waals surface area contributed by atoms with E-state index in [9.17, 15) is 9.90 Å². The molecule has 90 valence electrons. The minimum atomic E-state index is -0.827. The number of para-hydroxylation sites is 1. The van der Waals surface area contributed by atoms with Gasteiger partial charge in [-0.1, -0.05) is 18.2 Å². The van der Waals surface area contributed by atoms with Crippen LogP contribution in [-0.2, 0) is 11.8 Å². The molecule has 0 amide bonds. The van der Waals surface area contributed by atoms with E-state index in [-0.39, 0.29) is 0 Å². The third-order valence-corrected chi connectivity index (χ3v) is 2.97. The van der Waals surface area contributed by atoms with Gasteiger partial charge in [0.2, 0.25) is 0 Å². The van der Waals surface area contributed by atoms with Crippen LogP contribution < -0.4 is 0 Å². The lowest BCUT2D eigenvalue weighted by atomic mass is 10.1. The number of aromatic nitrogens is 1. The fourth-order valence-electron chi connectivity index (χ4n) is 2.22. The van der Waals surface area contributed by atoms with Crippen LogP contribution in [0.1, 0.15) is 11.6 Å². The number of hydrogen-bond donors (Lipinski definition) is 1. The van der Waals surface area contributed by atoms with E-state index >= 15 is 0 Å². The van der Waals surface area contributed by atoms with Gasteiger partial charge in [-0.3, -0.25) is 9.69 Å². The Hall–Kier alpha value is -1.81. The molecule has 2 aromatic rings.